The predicted octanol–water partition coefficient (Wildman–Crippen LogP) is 2.74. The van der Waals surface area contributed by atoms with Crippen molar-refractivity contribution in [3.05, 3.63) is 17.5 Å². The van der Waals surface area contributed by atoms with Crippen LogP contribution in [0.5, 0.6) is 0 Å². The fourth-order valence-electron chi connectivity index (χ4n) is 2.56. The van der Waals surface area contributed by atoms with E-state index in [2.05, 4.69) is 65.6 Å². The van der Waals surface area contributed by atoms with Crippen LogP contribution in [0.3, 0.4) is 0 Å². The van der Waals surface area contributed by atoms with E-state index in [9.17, 15) is 0 Å². The van der Waals surface area contributed by atoms with Gasteiger partial charge in [-0.3, -0.25) is 4.68 Å². The zero-order valence-electron chi connectivity index (χ0n) is 12.9. The molecule has 2 rings (SSSR count). The predicted molar refractivity (Wildman–Crippen MR) is 91.9 cm³/mol. The highest BCUT2D eigenvalue weighted by Crippen LogP contribution is 2.28. The monoisotopic (exact) mass is 313 g/mol. The molecule has 1 aliphatic heterocycles. The average molecular weight is 314 g/mol. The van der Waals surface area contributed by atoms with Crippen molar-refractivity contribution in [2.24, 2.45) is 7.05 Å². The Morgan fingerprint density at radius 1 is 1.45 bits per heavy atom. The van der Waals surface area contributed by atoms with Crippen LogP contribution in [-0.4, -0.2) is 44.9 Å². The lowest BCUT2D eigenvalue weighted by Gasteiger charge is -2.30. The number of aromatic nitrogens is 2. The van der Waals surface area contributed by atoms with Crippen LogP contribution in [0.2, 0.25) is 0 Å². The zero-order chi connectivity index (χ0) is 14.4. The van der Waals surface area contributed by atoms with Crippen LogP contribution in [0.15, 0.2) is 6.07 Å². The molecule has 0 bridgehead atoms. The minimum atomic E-state index is 0.577. The average Bonchev–Trinajstić information content (AvgIpc) is 2.84. The van der Waals surface area contributed by atoms with E-state index < -0.39 is 0 Å². The van der Waals surface area contributed by atoms with Gasteiger partial charge in [-0.15, -0.1) is 0 Å². The number of nitrogens with zero attached hydrogens (tertiary/aromatic N) is 2. The van der Waals surface area contributed by atoms with Gasteiger partial charge in [0.05, 0.1) is 5.69 Å². The molecule has 0 amide bonds. The molecule has 20 heavy (non-hydrogen) atoms. The molecular formula is C15H27N3S2. The van der Waals surface area contributed by atoms with Crippen molar-refractivity contribution in [1.82, 2.24) is 15.1 Å². The fraction of sp³-hybridized carbons (Fsp3) is 0.800. The Hall–Kier alpha value is -0.130. The smallest absolute Gasteiger partial charge is 0.0624 e. The van der Waals surface area contributed by atoms with Gasteiger partial charge in [0.1, 0.15) is 0 Å². The summed E-state index contributed by atoms with van der Waals surface area (Å²) in [5, 5.41) is 9.09. The van der Waals surface area contributed by atoms with E-state index in [4.69, 9.17) is 0 Å². The van der Waals surface area contributed by atoms with E-state index >= 15 is 0 Å². The van der Waals surface area contributed by atoms with Crippen molar-refractivity contribution in [3.63, 3.8) is 0 Å². The van der Waals surface area contributed by atoms with Gasteiger partial charge in [-0.2, -0.15) is 28.6 Å². The maximum Gasteiger partial charge on any atom is 0.0624 e. The number of hydrogen-bond donors (Lipinski definition) is 1. The molecule has 1 fully saturated rings. The molecule has 0 saturated carbocycles. The van der Waals surface area contributed by atoms with Crippen LogP contribution in [-0.2, 0) is 19.9 Å². The Morgan fingerprint density at radius 3 is 2.90 bits per heavy atom. The Morgan fingerprint density at radius 2 is 2.30 bits per heavy atom. The van der Waals surface area contributed by atoms with Gasteiger partial charge in [0.15, 0.2) is 0 Å². The van der Waals surface area contributed by atoms with Crippen molar-refractivity contribution in [2.75, 3.05) is 23.8 Å². The van der Waals surface area contributed by atoms with Gasteiger partial charge >= 0.3 is 0 Å². The lowest BCUT2D eigenvalue weighted by Crippen LogP contribution is -2.43. The van der Waals surface area contributed by atoms with Gasteiger partial charge in [-0.05, 0) is 25.5 Å². The molecule has 1 N–H and O–H groups in total. The molecule has 2 atom stereocenters. The Balaban J connectivity index is 2.03. The van der Waals surface area contributed by atoms with Crippen LogP contribution in [0.4, 0.5) is 0 Å². The molecule has 0 aromatic carbocycles. The minimum absolute atomic E-state index is 0.577. The molecule has 5 heteroatoms. The van der Waals surface area contributed by atoms with Crippen molar-refractivity contribution in [2.45, 2.75) is 44.4 Å². The SMILES string of the molecule is CCCNC(Cc1cc(CC)nn1C)C1CSCCS1. The van der Waals surface area contributed by atoms with Gasteiger partial charge in [-0.25, -0.2) is 0 Å². The van der Waals surface area contributed by atoms with Crippen LogP contribution >= 0.6 is 23.5 Å². The molecule has 1 aromatic rings. The van der Waals surface area contributed by atoms with E-state index in [1.54, 1.807) is 0 Å². The quantitative estimate of drug-likeness (QED) is 0.838. The van der Waals surface area contributed by atoms with Crippen LogP contribution in [0, 0.1) is 0 Å². The van der Waals surface area contributed by atoms with E-state index in [1.165, 1.54) is 35.1 Å². The highest BCUT2D eigenvalue weighted by atomic mass is 32.2. The van der Waals surface area contributed by atoms with Crippen molar-refractivity contribution >= 4 is 23.5 Å². The first kappa shape index (κ1) is 16.2. The summed E-state index contributed by atoms with van der Waals surface area (Å²) in [6.45, 7) is 5.53. The van der Waals surface area contributed by atoms with Gasteiger partial charge in [0, 0.05) is 47.7 Å². The second kappa shape index (κ2) is 8.35. The van der Waals surface area contributed by atoms with E-state index in [0.717, 1.165) is 24.6 Å². The highest BCUT2D eigenvalue weighted by molar-refractivity contribution is 8.06. The highest BCUT2D eigenvalue weighted by Gasteiger charge is 2.25. The van der Waals surface area contributed by atoms with Crippen LogP contribution < -0.4 is 5.32 Å². The van der Waals surface area contributed by atoms with E-state index in [1.807, 2.05) is 0 Å². The Bertz CT molecular complexity index is 400. The minimum Gasteiger partial charge on any atom is -0.312 e. The van der Waals surface area contributed by atoms with Crippen LogP contribution in [0.25, 0.3) is 0 Å². The Kier molecular flexibility index (Phi) is 6.78. The molecule has 114 valence electrons. The lowest BCUT2D eigenvalue weighted by molar-refractivity contribution is 0.491. The molecule has 0 spiro atoms. The third-order valence-electron chi connectivity index (χ3n) is 3.77. The molecule has 0 aliphatic carbocycles. The topological polar surface area (TPSA) is 29.9 Å². The molecule has 1 saturated heterocycles. The van der Waals surface area contributed by atoms with E-state index in [0.29, 0.717) is 6.04 Å². The standard InChI is InChI=1S/C15H27N3S2/c1-4-6-16-14(15-11-19-7-8-20-15)10-13-9-12(5-2)17-18(13)3/h9,14-16H,4-8,10-11H2,1-3H3. The van der Waals surface area contributed by atoms with Gasteiger partial charge in [0.2, 0.25) is 0 Å². The molecule has 1 aliphatic rings. The summed E-state index contributed by atoms with van der Waals surface area (Å²) in [4.78, 5) is 0. The molecule has 1 aromatic heterocycles. The van der Waals surface area contributed by atoms with Crippen molar-refractivity contribution in [3.8, 4) is 0 Å². The number of thioether (sulfide) groups is 2. The normalized spacial score (nSPS) is 21.1. The zero-order valence-corrected chi connectivity index (χ0v) is 14.5. The first-order chi connectivity index (χ1) is 9.74. The summed E-state index contributed by atoms with van der Waals surface area (Å²) >= 11 is 4.25. The third-order valence-corrected chi connectivity index (χ3v) is 6.69. The summed E-state index contributed by atoms with van der Waals surface area (Å²) in [5.41, 5.74) is 2.58. The number of hydrogen-bond acceptors (Lipinski definition) is 4. The fourth-order valence-corrected chi connectivity index (χ4v) is 5.45. The summed E-state index contributed by atoms with van der Waals surface area (Å²) < 4.78 is 2.07. The summed E-state index contributed by atoms with van der Waals surface area (Å²) in [5.74, 6) is 3.89. The number of rotatable bonds is 7. The molecule has 3 nitrogen and oxygen atoms in total. The third kappa shape index (κ3) is 4.43. The summed E-state index contributed by atoms with van der Waals surface area (Å²) in [6, 6.07) is 2.86. The first-order valence-corrected chi connectivity index (χ1v) is 9.89. The van der Waals surface area contributed by atoms with Gasteiger partial charge < -0.3 is 5.32 Å². The van der Waals surface area contributed by atoms with E-state index in [-0.39, 0.29) is 0 Å². The maximum atomic E-state index is 4.58. The maximum absolute atomic E-state index is 4.58. The van der Waals surface area contributed by atoms with Crippen molar-refractivity contribution in [1.29, 1.82) is 0 Å². The molecule has 2 unspecified atom stereocenters. The first-order valence-electron chi connectivity index (χ1n) is 7.69. The van der Waals surface area contributed by atoms with Crippen molar-refractivity contribution < 1.29 is 0 Å². The lowest BCUT2D eigenvalue weighted by atomic mass is 10.1. The number of aryl methyl sites for hydroxylation is 2. The Labute approximate surface area is 131 Å². The van der Waals surface area contributed by atoms with Gasteiger partial charge in [0.25, 0.3) is 0 Å². The molecule has 0 radical (unpaired) electrons. The number of nitrogens with one attached hydrogen (secondary N) is 1. The van der Waals surface area contributed by atoms with Crippen LogP contribution in [0.1, 0.15) is 31.7 Å². The largest absolute Gasteiger partial charge is 0.312 e. The molecule has 2 heterocycles. The second-order valence-corrected chi connectivity index (χ2v) is 7.85. The summed E-state index contributed by atoms with van der Waals surface area (Å²) in [6.07, 6.45) is 3.32. The second-order valence-electron chi connectivity index (χ2n) is 5.35. The summed E-state index contributed by atoms with van der Waals surface area (Å²) in [7, 11) is 2.08. The van der Waals surface area contributed by atoms with Gasteiger partial charge in [-0.1, -0.05) is 13.8 Å². The molecular weight excluding hydrogens is 286 g/mol.